The number of hydrogen-bond acceptors (Lipinski definition) is 2. The molecule has 0 unspecified atom stereocenters. The van der Waals surface area contributed by atoms with Crippen LogP contribution in [0.3, 0.4) is 0 Å². The van der Waals surface area contributed by atoms with Crippen LogP contribution in [-0.2, 0) is 6.54 Å². The first-order chi connectivity index (χ1) is 8.20. The van der Waals surface area contributed by atoms with Crippen molar-refractivity contribution in [2.75, 3.05) is 0 Å². The standard InChI is InChI=1S/C13H11F2NO/c14-9-4-6-10(7-5-9)17-13-3-1-2-12(15)11(13)8-16/h1-7H,8,16H2. The Morgan fingerprint density at radius 1 is 1.00 bits per heavy atom. The molecule has 0 radical (unpaired) electrons. The summed E-state index contributed by atoms with van der Waals surface area (Å²) in [6.45, 7) is 0.0448. The minimum atomic E-state index is -0.410. The van der Waals surface area contributed by atoms with Gasteiger partial charge in [-0.1, -0.05) is 6.07 Å². The Balaban J connectivity index is 2.29. The van der Waals surface area contributed by atoms with Crippen molar-refractivity contribution in [1.82, 2.24) is 0 Å². The van der Waals surface area contributed by atoms with E-state index in [0.717, 1.165) is 0 Å². The number of halogens is 2. The van der Waals surface area contributed by atoms with Crippen molar-refractivity contribution >= 4 is 0 Å². The predicted molar refractivity (Wildman–Crippen MR) is 60.8 cm³/mol. The molecule has 2 rings (SSSR count). The first-order valence-electron chi connectivity index (χ1n) is 5.11. The molecular weight excluding hydrogens is 224 g/mol. The molecule has 0 amide bonds. The number of ether oxygens (including phenoxy) is 1. The van der Waals surface area contributed by atoms with Crippen molar-refractivity contribution < 1.29 is 13.5 Å². The maximum Gasteiger partial charge on any atom is 0.134 e. The van der Waals surface area contributed by atoms with E-state index in [0.29, 0.717) is 17.1 Å². The monoisotopic (exact) mass is 235 g/mol. The number of hydrogen-bond donors (Lipinski definition) is 1. The molecule has 2 aromatic carbocycles. The molecule has 0 saturated heterocycles. The van der Waals surface area contributed by atoms with E-state index < -0.39 is 5.82 Å². The Kier molecular flexibility index (Phi) is 3.35. The number of rotatable bonds is 3. The molecule has 88 valence electrons. The fourth-order valence-corrected chi connectivity index (χ4v) is 1.46. The third-order valence-electron chi connectivity index (χ3n) is 2.32. The molecule has 0 aliphatic carbocycles. The van der Waals surface area contributed by atoms with Gasteiger partial charge in [0.25, 0.3) is 0 Å². The smallest absolute Gasteiger partial charge is 0.134 e. The molecule has 0 spiro atoms. The zero-order valence-electron chi connectivity index (χ0n) is 8.99. The van der Waals surface area contributed by atoms with Crippen LogP contribution in [0.5, 0.6) is 11.5 Å². The van der Waals surface area contributed by atoms with Gasteiger partial charge in [-0.05, 0) is 36.4 Å². The van der Waals surface area contributed by atoms with E-state index in [4.69, 9.17) is 10.5 Å². The lowest BCUT2D eigenvalue weighted by atomic mass is 10.2. The highest BCUT2D eigenvalue weighted by Gasteiger charge is 2.08. The second-order valence-corrected chi connectivity index (χ2v) is 3.48. The van der Waals surface area contributed by atoms with E-state index in [1.165, 1.54) is 36.4 Å². The van der Waals surface area contributed by atoms with Crippen molar-refractivity contribution in [2.24, 2.45) is 5.73 Å². The van der Waals surface area contributed by atoms with Crippen LogP contribution >= 0.6 is 0 Å². The lowest BCUT2D eigenvalue weighted by Gasteiger charge is -2.10. The molecule has 0 bridgehead atoms. The maximum atomic E-state index is 13.4. The zero-order chi connectivity index (χ0) is 12.3. The van der Waals surface area contributed by atoms with Crippen LogP contribution in [0.25, 0.3) is 0 Å². The molecule has 0 atom stereocenters. The molecule has 0 saturated carbocycles. The average molecular weight is 235 g/mol. The molecule has 4 heteroatoms. The molecule has 2 nitrogen and oxygen atoms in total. The van der Waals surface area contributed by atoms with Crippen molar-refractivity contribution in [2.45, 2.75) is 6.54 Å². The minimum absolute atomic E-state index is 0.0448. The molecule has 2 N–H and O–H groups in total. The van der Waals surface area contributed by atoms with E-state index >= 15 is 0 Å². The fourth-order valence-electron chi connectivity index (χ4n) is 1.46. The second-order valence-electron chi connectivity index (χ2n) is 3.48. The normalized spacial score (nSPS) is 10.3. The van der Waals surface area contributed by atoms with E-state index in [9.17, 15) is 8.78 Å². The van der Waals surface area contributed by atoms with Crippen molar-refractivity contribution in [3.63, 3.8) is 0 Å². The largest absolute Gasteiger partial charge is 0.457 e. The molecule has 0 aliphatic rings. The topological polar surface area (TPSA) is 35.2 Å². The number of benzene rings is 2. The lowest BCUT2D eigenvalue weighted by Crippen LogP contribution is -2.02. The van der Waals surface area contributed by atoms with Crippen LogP contribution in [0.4, 0.5) is 8.78 Å². The highest BCUT2D eigenvalue weighted by Crippen LogP contribution is 2.26. The van der Waals surface area contributed by atoms with Gasteiger partial charge in [-0.15, -0.1) is 0 Å². The predicted octanol–water partition coefficient (Wildman–Crippen LogP) is 3.22. The first kappa shape index (κ1) is 11.5. The summed E-state index contributed by atoms with van der Waals surface area (Å²) in [7, 11) is 0. The summed E-state index contributed by atoms with van der Waals surface area (Å²) in [6, 6.07) is 9.97. The van der Waals surface area contributed by atoms with Gasteiger partial charge in [0.05, 0.1) is 0 Å². The average Bonchev–Trinajstić information content (AvgIpc) is 2.32. The van der Waals surface area contributed by atoms with Crippen LogP contribution in [0.2, 0.25) is 0 Å². The van der Waals surface area contributed by atoms with Gasteiger partial charge in [-0.2, -0.15) is 0 Å². The third kappa shape index (κ3) is 2.60. The molecular formula is C13H11F2NO. The molecule has 0 heterocycles. The summed E-state index contributed by atoms with van der Waals surface area (Å²) in [5.41, 5.74) is 5.75. The molecule has 2 aromatic rings. The Morgan fingerprint density at radius 3 is 2.35 bits per heavy atom. The summed E-state index contributed by atoms with van der Waals surface area (Å²) in [5.74, 6) is 0.0218. The lowest BCUT2D eigenvalue weighted by molar-refractivity contribution is 0.465. The Bertz CT molecular complexity index is 511. The Labute approximate surface area is 97.6 Å². The van der Waals surface area contributed by atoms with Gasteiger partial charge in [-0.25, -0.2) is 8.78 Å². The van der Waals surface area contributed by atoms with Gasteiger partial charge >= 0.3 is 0 Å². The van der Waals surface area contributed by atoms with E-state index in [2.05, 4.69) is 0 Å². The summed E-state index contributed by atoms with van der Waals surface area (Å²) in [6.07, 6.45) is 0. The first-order valence-corrected chi connectivity index (χ1v) is 5.11. The Hall–Kier alpha value is -1.94. The number of nitrogens with two attached hydrogens (primary N) is 1. The summed E-state index contributed by atoms with van der Waals surface area (Å²) in [5, 5.41) is 0. The highest BCUT2D eigenvalue weighted by atomic mass is 19.1. The fraction of sp³-hybridized carbons (Fsp3) is 0.0769. The summed E-state index contributed by atoms with van der Waals surface area (Å²) >= 11 is 0. The van der Waals surface area contributed by atoms with E-state index in [1.54, 1.807) is 6.07 Å². The minimum Gasteiger partial charge on any atom is -0.457 e. The quantitative estimate of drug-likeness (QED) is 0.886. The zero-order valence-corrected chi connectivity index (χ0v) is 8.99. The van der Waals surface area contributed by atoms with Crippen LogP contribution in [-0.4, -0.2) is 0 Å². The van der Waals surface area contributed by atoms with Gasteiger partial charge in [0, 0.05) is 12.1 Å². The van der Waals surface area contributed by atoms with Crippen molar-refractivity contribution in [3.8, 4) is 11.5 Å². The maximum absolute atomic E-state index is 13.4. The van der Waals surface area contributed by atoms with Crippen molar-refractivity contribution in [3.05, 3.63) is 59.7 Å². The van der Waals surface area contributed by atoms with Crippen LogP contribution in [0, 0.1) is 11.6 Å². The molecule has 0 aliphatic heterocycles. The Morgan fingerprint density at radius 2 is 1.71 bits per heavy atom. The summed E-state index contributed by atoms with van der Waals surface area (Å²) in [4.78, 5) is 0. The van der Waals surface area contributed by atoms with Crippen LogP contribution in [0.1, 0.15) is 5.56 Å². The second kappa shape index (κ2) is 4.93. The molecule has 17 heavy (non-hydrogen) atoms. The van der Waals surface area contributed by atoms with Crippen LogP contribution in [0.15, 0.2) is 42.5 Å². The van der Waals surface area contributed by atoms with E-state index in [-0.39, 0.29) is 12.4 Å². The molecule has 0 fully saturated rings. The highest BCUT2D eigenvalue weighted by molar-refractivity contribution is 5.38. The van der Waals surface area contributed by atoms with E-state index in [1.807, 2.05) is 0 Å². The van der Waals surface area contributed by atoms with Gasteiger partial charge in [-0.3, -0.25) is 0 Å². The van der Waals surface area contributed by atoms with Gasteiger partial charge in [0.1, 0.15) is 23.1 Å². The van der Waals surface area contributed by atoms with Gasteiger partial charge in [0.15, 0.2) is 0 Å². The van der Waals surface area contributed by atoms with Crippen molar-refractivity contribution in [1.29, 1.82) is 0 Å². The molecule has 0 aromatic heterocycles. The summed E-state index contributed by atoms with van der Waals surface area (Å²) < 4.78 is 31.5. The van der Waals surface area contributed by atoms with Gasteiger partial charge in [0.2, 0.25) is 0 Å². The van der Waals surface area contributed by atoms with Gasteiger partial charge < -0.3 is 10.5 Å². The third-order valence-corrected chi connectivity index (χ3v) is 2.32. The SMILES string of the molecule is NCc1c(F)cccc1Oc1ccc(F)cc1. The van der Waals surface area contributed by atoms with Crippen LogP contribution < -0.4 is 10.5 Å².